The normalized spacial score (nSPS) is 12.2. The highest BCUT2D eigenvalue weighted by Gasteiger charge is 2.19. The fourth-order valence-corrected chi connectivity index (χ4v) is 10.0. The summed E-state index contributed by atoms with van der Waals surface area (Å²) in [7, 11) is 0. The van der Waals surface area contributed by atoms with Crippen molar-refractivity contribution in [3.8, 4) is 0 Å². The Labute approximate surface area is 467 Å². The molecule has 6 nitrogen and oxygen atoms in total. The molecule has 0 rings (SSSR count). The molecule has 0 N–H and O–H groups in total. The Morgan fingerprint density at radius 3 is 0.667 bits per heavy atom. The molecule has 0 spiro atoms. The van der Waals surface area contributed by atoms with Gasteiger partial charge in [-0.25, -0.2) is 0 Å². The summed E-state index contributed by atoms with van der Waals surface area (Å²) in [6, 6.07) is 0. The quantitative estimate of drug-likeness (QED) is 0.0261. The van der Waals surface area contributed by atoms with Crippen LogP contribution in [0.15, 0.2) is 36.5 Å². The molecule has 1 atom stereocenters. The van der Waals surface area contributed by atoms with Crippen LogP contribution >= 0.6 is 0 Å². The van der Waals surface area contributed by atoms with E-state index in [0.717, 1.165) is 70.6 Å². The van der Waals surface area contributed by atoms with E-state index >= 15 is 0 Å². The van der Waals surface area contributed by atoms with Gasteiger partial charge in [0.2, 0.25) is 0 Å². The Bertz CT molecular complexity index is 1250. The maximum Gasteiger partial charge on any atom is 0.306 e. The van der Waals surface area contributed by atoms with Gasteiger partial charge in [-0.15, -0.1) is 0 Å². The van der Waals surface area contributed by atoms with E-state index in [1.807, 2.05) is 0 Å². The van der Waals surface area contributed by atoms with Gasteiger partial charge >= 0.3 is 17.9 Å². The molecule has 0 fully saturated rings. The van der Waals surface area contributed by atoms with Crippen LogP contribution in [0.5, 0.6) is 0 Å². The molecule has 0 bridgehead atoms. The maximum absolute atomic E-state index is 12.9. The molecule has 0 aliphatic carbocycles. The van der Waals surface area contributed by atoms with Crippen LogP contribution in [0, 0.1) is 0 Å². The zero-order chi connectivity index (χ0) is 54.3. The molecule has 440 valence electrons. The number of allylic oxidation sites excluding steroid dienone is 6. The first kappa shape index (κ1) is 72.6. The van der Waals surface area contributed by atoms with E-state index in [4.69, 9.17) is 14.2 Å². The van der Waals surface area contributed by atoms with Gasteiger partial charge in [-0.1, -0.05) is 288 Å². The van der Waals surface area contributed by atoms with E-state index in [2.05, 4.69) is 57.2 Å². The highest BCUT2D eigenvalue weighted by Crippen LogP contribution is 2.17. The first-order chi connectivity index (χ1) is 37.0. The lowest BCUT2D eigenvalue weighted by Gasteiger charge is -2.18. The summed E-state index contributed by atoms with van der Waals surface area (Å²) < 4.78 is 16.9. The largest absolute Gasteiger partial charge is 0.462 e. The highest BCUT2D eigenvalue weighted by atomic mass is 16.6. The molecule has 75 heavy (non-hydrogen) atoms. The van der Waals surface area contributed by atoms with E-state index in [9.17, 15) is 14.4 Å². The van der Waals surface area contributed by atoms with Crippen LogP contribution in [-0.4, -0.2) is 37.2 Å². The number of carbonyl (C=O) groups excluding carboxylic acids is 3. The monoisotopic (exact) mass is 1050 g/mol. The minimum Gasteiger partial charge on any atom is -0.462 e. The molecule has 0 aromatic heterocycles. The van der Waals surface area contributed by atoms with Crippen molar-refractivity contribution in [2.45, 2.75) is 374 Å². The lowest BCUT2D eigenvalue weighted by atomic mass is 10.0. The van der Waals surface area contributed by atoms with Crippen LogP contribution in [0.25, 0.3) is 0 Å². The fraction of sp³-hybridized carbons (Fsp3) is 0.870. The summed E-state index contributed by atoms with van der Waals surface area (Å²) in [5.41, 5.74) is 0. The Morgan fingerprint density at radius 2 is 0.440 bits per heavy atom. The second-order valence-corrected chi connectivity index (χ2v) is 22.7. The predicted molar refractivity (Wildman–Crippen MR) is 326 cm³/mol. The Hall–Kier alpha value is -2.37. The highest BCUT2D eigenvalue weighted by molar-refractivity contribution is 5.71. The molecule has 0 aliphatic heterocycles. The van der Waals surface area contributed by atoms with Crippen molar-refractivity contribution in [1.82, 2.24) is 0 Å². The van der Waals surface area contributed by atoms with E-state index < -0.39 is 6.10 Å². The Balaban J connectivity index is 4.22. The molecule has 6 heteroatoms. The van der Waals surface area contributed by atoms with Crippen LogP contribution in [0.3, 0.4) is 0 Å². The lowest BCUT2D eigenvalue weighted by molar-refractivity contribution is -0.167. The van der Waals surface area contributed by atoms with E-state index in [1.165, 1.54) is 257 Å². The van der Waals surface area contributed by atoms with Crippen LogP contribution in [0.1, 0.15) is 367 Å². The third-order valence-electron chi connectivity index (χ3n) is 15.1. The summed E-state index contributed by atoms with van der Waals surface area (Å²) in [6.45, 7) is 6.67. The SMILES string of the molecule is CCCCCCCC/C=C\CCCCCCCC(=O)OCC(COC(=O)CCCCCCCCCCCCCCCCC/C=C\CCCCCCCCCC)OC(=O)CCCCCCC/C=C\CCCCCCCC. The van der Waals surface area contributed by atoms with Crippen LogP contribution in [0.4, 0.5) is 0 Å². The number of esters is 3. The first-order valence-electron chi connectivity index (χ1n) is 33.5. The smallest absolute Gasteiger partial charge is 0.306 e. The van der Waals surface area contributed by atoms with Crippen molar-refractivity contribution >= 4 is 17.9 Å². The molecule has 0 aromatic rings. The van der Waals surface area contributed by atoms with Crippen molar-refractivity contribution < 1.29 is 28.6 Å². The number of unbranched alkanes of at least 4 members (excludes halogenated alkanes) is 45. The van der Waals surface area contributed by atoms with Gasteiger partial charge in [0, 0.05) is 19.3 Å². The number of hydrogen-bond donors (Lipinski definition) is 0. The fourth-order valence-electron chi connectivity index (χ4n) is 10.0. The molecular weight excluding hydrogens is 925 g/mol. The average molecular weight is 1050 g/mol. The number of rotatable bonds is 62. The minimum atomic E-state index is -0.778. The van der Waals surface area contributed by atoms with Crippen LogP contribution in [-0.2, 0) is 28.6 Å². The number of hydrogen-bond acceptors (Lipinski definition) is 6. The van der Waals surface area contributed by atoms with Crippen molar-refractivity contribution in [2.24, 2.45) is 0 Å². The van der Waals surface area contributed by atoms with Crippen LogP contribution in [0.2, 0.25) is 0 Å². The summed E-state index contributed by atoms with van der Waals surface area (Å²) in [6.07, 6.45) is 78.8. The van der Waals surface area contributed by atoms with E-state index in [1.54, 1.807) is 0 Å². The van der Waals surface area contributed by atoms with Gasteiger partial charge in [-0.05, 0) is 96.3 Å². The van der Waals surface area contributed by atoms with Crippen molar-refractivity contribution in [2.75, 3.05) is 13.2 Å². The van der Waals surface area contributed by atoms with Crippen molar-refractivity contribution in [3.63, 3.8) is 0 Å². The zero-order valence-corrected chi connectivity index (χ0v) is 50.6. The third-order valence-corrected chi connectivity index (χ3v) is 15.1. The summed E-state index contributed by atoms with van der Waals surface area (Å²) in [5.74, 6) is -0.869. The van der Waals surface area contributed by atoms with E-state index in [-0.39, 0.29) is 31.1 Å². The summed E-state index contributed by atoms with van der Waals surface area (Å²) in [4.78, 5) is 38.3. The molecule has 0 heterocycles. The van der Waals surface area contributed by atoms with Gasteiger partial charge in [0.05, 0.1) is 0 Å². The van der Waals surface area contributed by atoms with Crippen molar-refractivity contribution in [3.05, 3.63) is 36.5 Å². The van der Waals surface area contributed by atoms with Gasteiger partial charge < -0.3 is 14.2 Å². The van der Waals surface area contributed by atoms with Gasteiger partial charge in [0.15, 0.2) is 6.10 Å². The van der Waals surface area contributed by atoms with Crippen molar-refractivity contribution in [1.29, 1.82) is 0 Å². The molecule has 0 aliphatic rings. The standard InChI is InChI=1S/C69H128O6/c1-4-7-10-13-16-19-22-25-28-29-30-31-32-33-34-35-36-37-38-39-42-44-47-50-53-56-59-62-68(71)74-65-66(75-69(72)63-60-57-54-51-48-45-41-27-24-21-18-15-12-9-6-3)64-73-67(70)61-58-55-52-49-46-43-40-26-23-20-17-14-11-8-5-2/h26-27,29-30,40-41,66H,4-25,28,31-39,42-65H2,1-3H3/b30-29-,40-26-,41-27-. The predicted octanol–water partition coefficient (Wildman–Crippen LogP) is 22.8. The number of carbonyl (C=O) groups is 3. The Morgan fingerprint density at radius 1 is 0.253 bits per heavy atom. The lowest BCUT2D eigenvalue weighted by Crippen LogP contribution is -2.30. The maximum atomic E-state index is 12.9. The first-order valence-corrected chi connectivity index (χ1v) is 33.5. The van der Waals surface area contributed by atoms with Gasteiger partial charge in [0.25, 0.3) is 0 Å². The molecular formula is C69H128O6. The topological polar surface area (TPSA) is 78.9 Å². The molecule has 0 amide bonds. The Kier molecular flexibility index (Phi) is 62.1. The molecule has 0 aromatic carbocycles. The molecule has 1 unspecified atom stereocenters. The van der Waals surface area contributed by atoms with Gasteiger partial charge in [-0.2, -0.15) is 0 Å². The van der Waals surface area contributed by atoms with Gasteiger partial charge in [-0.3, -0.25) is 14.4 Å². The summed E-state index contributed by atoms with van der Waals surface area (Å²) in [5, 5.41) is 0. The zero-order valence-electron chi connectivity index (χ0n) is 50.6. The third kappa shape index (κ3) is 62.4. The second-order valence-electron chi connectivity index (χ2n) is 22.7. The minimum absolute atomic E-state index is 0.0744. The van der Waals surface area contributed by atoms with E-state index in [0.29, 0.717) is 19.3 Å². The van der Waals surface area contributed by atoms with Crippen LogP contribution < -0.4 is 0 Å². The molecule has 0 saturated heterocycles. The second kappa shape index (κ2) is 64.2. The molecule has 0 radical (unpaired) electrons. The number of ether oxygens (including phenoxy) is 3. The van der Waals surface area contributed by atoms with Gasteiger partial charge in [0.1, 0.15) is 13.2 Å². The average Bonchev–Trinajstić information content (AvgIpc) is 3.41. The summed E-state index contributed by atoms with van der Waals surface area (Å²) >= 11 is 0. The molecule has 0 saturated carbocycles.